The van der Waals surface area contributed by atoms with Gasteiger partial charge >= 0.3 is 0 Å². The van der Waals surface area contributed by atoms with Crippen molar-refractivity contribution in [2.75, 3.05) is 6.54 Å². The van der Waals surface area contributed by atoms with Gasteiger partial charge in [0.05, 0.1) is 6.10 Å². The second kappa shape index (κ2) is 5.74. The maximum atomic E-state index is 9.55. The topological polar surface area (TPSA) is 37.2 Å². The number of nitrogens with one attached hydrogen (secondary N) is 1. The van der Waals surface area contributed by atoms with Gasteiger partial charge < -0.3 is 15.0 Å². The molecule has 0 saturated heterocycles. The minimum Gasteiger partial charge on any atom is -0.392 e. The summed E-state index contributed by atoms with van der Waals surface area (Å²) in [5.41, 5.74) is 2.32. The molecule has 0 aliphatic carbocycles. The fourth-order valence-electron chi connectivity index (χ4n) is 2.18. The zero-order valence-electron chi connectivity index (χ0n) is 10.8. The van der Waals surface area contributed by atoms with Crippen molar-refractivity contribution in [3.05, 3.63) is 35.0 Å². The first-order valence-corrected chi connectivity index (χ1v) is 6.65. The predicted molar refractivity (Wildman–Crippen MR) is 76.0 cm³/mol. The Balaban J connectivity index is 2.45. The van der Waals surface area contributed by atoms with Crippen LogP contribution in [-0.4, -0.2) is 22.3 Å². The van der Waals surface area contributed by atoms with Crippen LogP contribution in [0.15, 0.2) is 24.4 Å². The van der Waals surface area contributed by atoms with Gasteiger partial charge in [-0.3, -0.25) is 0 Å². The summed E-state index contributed by atoms with van der Waals surface area (Å²) in [7, 11) is 0. The molecular formula is C14H19ClN2O. The van der Waals surface area contributed by atoms with E-state index in [2.05, 4.69) is 23.0 Å². The van der Waals surface area contributed by atoms with E-state index in [4.69, 9.17) is 11.6 Å². The third-order valence-corrected chi connectivity index (χ3v) is 3.19. The molecule has 1 unspecified atom stereocenters. The van der Waals surface area contributed by atoms with Gasteiger partial charge in [-0.1, -0.05) is 24.6 Å². The molecule has 0 aliphatic rings. The molecule has 2 N–H and O–H groups in total. The standard InChI is InChI=1S/C14H19ClN2O/c1-3-16-7-11-9-17(8-10(2)18)14-6-12(15)4-5-13(11)14/h4-6,9-10,16,18H,3,7-8H2,1-2H3. The molecule has 0 aliphatic heterocycles. The van der Waals surface area contributed by atoms with Gasteiger partial charge in [0.2, 0.25) is 0 Å². The third-order valence-electron chi connectivity index (χ3n) is 2.95. The van der Waals surface area contributed by atoms with Gasteiger partial charge in [0.15, 0.2) is 0 Å². The van der Waals surface area contributed by atoms with Gasteiger partial charge in [0.1, 0.15) is 0 Å². The molecule has 4 heteroatoms. The van der Waals surface area contributed by atoms with Gasteiger partial charge in [-0.05, 0) is 31.2 Å². The normalized spacial score (nSPS) is 13.1. The van der Waals surface area contributed by atoms with Crippen molar-refractivity contribution in [1.82, 2.24) is 9.88 Å². The van der Waals surface area contributed by atoms with Crippen molar-refractivity contribution < 1.29 is 5.11 Å². The van der Waals surface area contributed by atoms with Gasteiger partial charge in [0, 0.05) is 35.2 Å². The van der Waals surface area contributed by atoms with E-state index in [1.165, 1.54) is 10.9 Å². The number of fused-ring (bicyclic) bond motifs is 1. The minimum absolute atomic E-state index is 0.369. The first-order valence-electron chi connectivity index (χ1n) is 6.28. The van der Waals surface area contributed by atoms with Crippen molar-refractivity contribution in [1.29, 1.82) is 0 Å². The van der Waals surface area contributed by atoms with E-state index in [9.17, 15) is 5.11 Å². The highest BCUT2D eigenvalue weighted by atomic mass is 35.5. The van der Waals surface area contributed by atoms with E-state index in [-0.39, 0.29) is 6.10 Å². The van der Waals surface area contributed by atoms with Crippen molar-refractivity contribution in [2.45, 2.75) is 33.0 Å². The Morgan fingerprint density at radius 2 is 2.22 bits per heavy atom. The number of hydrogen-bond acceptors (Lipinski definition) is 2. The quantitative estimate of drug-likeness (QED) is 0.873. The number of hydrogen-bond donors (Lipinski definition) is 2. The van der Waals surface area contributed by atoms with Crippen LogP contribution in [0.1, 0.15) is 19.4 Å². The minimum atomic E-state index is -0.369. The maximum Gasteiger partial charge on any atom is 0.0691 e. The Bertz CT molecular complexity index is 534. The van der Waals surface area contributed by atoms with Crippen molar-refractivity contribution >= 4 is 22.5 Å². The zero-order chi connectivity index (χ0) is 13.1. The van der Waals surface area contributed by atoms with Crippen molar-refractivity contribution in [3.8, 4) is 0 Å². The van der Waals surface area contributed by atoms with Gasteiger partial charge in [-0.25, -0.2) is 0 Å². The number of halogens is 1. The van der Waals surface area contributed by atoms with Crippen LogP contribution in [0.4, 0.5) is 0 Å². The molecule has 98 valence electrons. The Kier molecular flexibility index (Phi) is 4.27. The molecule has 2 aromatic rings. The molecule has 3 nitrogen and oxygen atoms in total. The number of nitrogens with zero attached hydrogens (tertiary/aromatic N) is 1. The zero-order valence-corrected chi connectivity index (χ0v) is 11.5. The number of aliphatic hydroxyl groups excluding tert-OH is 1. The van der Waals surface area contributed by atoms with Crippen LogP contribution in [0.2, 0.25) is 5.02 Å². The Morgan fingerprint density at radius 1 is 1.44 bits per heavy atom. The van der Waals surface area contributed by atoms with Crippen molar-refractivity contribution in [2.24, 2.45) is 0 Å². The summed E-state index contributed by atoms with van der Waals surface area (Å²) < 4.78 is 2.07. The molecule has 2 rings (SSSR count). The molecule has 1 heterocycles. The number of aromatic nitrogens is 1. The van der Waals surface area contributed by atoms with Crippen LogP contribution in [0.5, 0.6) is 0 Å². The highest BCUT2D eigenvalue weighted by Crippen LogP contribution is 2.25. The average Bonchev–Trinajstić information content (AvgIpc) is 2.64. The van der Waals surface area contributed by atoms with E-state index in [0.717, 1.165) is 23.6 Å². The summed E-state index contributed by atoms with van der Waals surface area (Å²) in [5, 5.41) is 14.8. The molecule has 0 spiro atoms. The highest BCUT2D eigenvalue weighted by Gasteiger charge is 2.10. The van der Waals surface area contributed by atoms with Crippen LogP contribution >= 0.6 is 11.6 Å². The summed E-state index contributed by atoms with van der Waals surface area (Å²) >= 11 is 6.05. The van der Waals surface area contributed by atoms with Crippen LogP contribution < -0.4 is 5.32 Å². The number of aliphatic hydroxyl groups is 1. The van der Waals surface area contributed by atoms with Gasteiger partial charge in [0.25, 0.3) is 0 Å². The molecule has 0 amide bonds. The smallest absolute Gasteiger partial charge is 0.0691 e. The molecule has 0 fully saturated rings. The summed E-state index contributed by atoms with van der Waals surface area (Å²) in [6.45, 7) is 6.24. The number of rotatable bonds is 5. The first kappa shape index (κ1) is 13.4. The number of benzene rings is 1. The highest BCUT2D eigenvalue weighted by molar-refractivity contribution is 6.31. The lowest BCUT2D eigenvalue weighted by Gasteiger charge is -2.07. The monoisotopic (exact) mass is 266 g/mol. The lowest BCUT2D eigenvalue weighted by Crippen LogP contribution is -2.12. The Labute approximate surface area is 112 Å². The molecule has 1 aromatic carbocycles. The van der Waals surface area contributed by atoms with Gasteiger partial charge in [-0.2, -0.15) is 0 Å². The summed E-state index contributed by atoms with van der Waals surface area (Å²) in [6, 6.07) is 5.91. The third kappa shape index (κ3) is 2.86. The van der Waals surface area contributed by atoms with Crippen LogP contribution in [0.25, 0.3) is 10.9 Å². The fourth-order valence-corrected chi connectivity index (χ4v) is 2.34. The summed E-state index contributed by atoms with van der Waals surface area (Å²) in [6.07, 6.45) is 1.72. The van der Waals surface area contributed by atoms with E-state index in [1.807, 2.05) is 18.2 Å². The van der Waals surface area contributed by atoms with Crippen LogP contribution in [0.3, 0.4) is 0 Å². The second-order valence-electron chi connectivity index (χ2n) is 4.60. The molecule has 0 bridgehead atoms. The fraction of sp³-hybridized carbons (Fsp3) is 0.429. The van der Waals surface area contributed by atoms with E-state index >= 15 is 0 Å². The van der Waals surface area contributed by atoms with Gasteiger partial charge in [-0.15, -0.1) is 0 Å². The van der Waals surface area contributed by atoms with E-state index in [1.54, 1.807) is 6.92 Å². The SMILES string of the molecule is CCNCc1cn(CC(C)O)c2cc(Cl)ccc12. The molecule has 1 atom stereocenters. The molecule has 0 radical (unpaired) electrons. The molecular weight excluding hydrogens is 248 g/mol. The molecule has 18 heavy (non-hydrogen) atoms. The van der Waals surface area contributed by atoms with Crippen molar-refractivity contribution in [3.63, 3.8) is 0 Å². The Morgan fingerprint density at radius 3 is 2.89 bits per heavy atom. The van der Waals surface area contributed by atoms with E-state index < -0.39 is 0 Å². The average molecular weight is 267 g/mol. The first-order chi connectivity index (χ1) is 8.61. The molecule has 0 saturated carbocycles. The maximum absolute atomic E-state index is 9.55. The van der Waals surface area contributed by atoms with Crippen LogP contribution in [-0.2, 0) is 13.1 Å². The predicted octanol–water partition coefficient (Wildman–Crippen LogP) is 2.79. The Hall–Kier alpha value is -1.03. The molecule has 1 aromatic heterocycles. The summed E-state index contributed by atoms with van der Waals surface area (Å²) in [5.74, 6) is 0. The largest absolute Gasteiger partial charge is 0.392 e. The summed E-state index contributed by atoms with van der Waals surface area (Å²) in [4.78, 5) is 0. The lowest BCUT2D eigenvalue weighted by atomic mass is 10.2. The van der Waals surface area contributed by atoms with Crippen LogP contribution in [0, 0.1) is 0 Å². The van der Waals surface area contributed by atoms with E-state index in [0.29, 0.717) is 6.54 Å². The second-order valence-corrected chi connectivity index (χ2v) is 5.03. The lowest BCUT2D eigenvalue weighted by molar-refractivity contribution is 0.175.